The summed E-state index contributed by atoms with van der Waals surface area (Å²) in [7, 11) is 1.77. The summed E-state index contributed by atoms with van der Waals surface area (Å²) >= 11 is 6.09. The summed E-state index contributed by atoms with van der Waals surface area (Å²) in [5, 5.41) is 0.821. The Balaban J connectivity index is 1.90. The zero-order chi connectivity index (χ0) is 14.5. The number of rotatable bonds is 5. The van der Waals surface area contributed by atoms with E-state index in [2.05, 4.69) is 35.8 Å². The molecule has 1 aromatic carbocycles. The van der Waals surface area contributed by atoms with Gasteiger partial charge in [-0.05, 0) is 31.5 Å². The fourth-order valence-corrected chi connectivity index (χ4v) is 3.09. The maximum atomic E-state index is 6.09. The van der Waals surface area contributed by atoms with Gasteiger partial charge < -0.3 is 4.74 Å². The lowest BCUT2D eigenvalue weighted by molar-refractivity contribution is 0.0446. The molecular formula is C16H25ClN2O. The van der Waals surface area contributed by atoms with Gasteiger partial charge in [0.1, 0.15) is 0 Å². The van der Waals surface area contributed by atoms with Crippen LogP contribution in [-0.4, -0.2) is 55.7 Å². The van der Waals surface area contributed by atoms with Crippen molar-refractivity contribution in [2.75, 3.05) is 39.9 Å². The number of halogens is 1. The fraction of sp³-hybridized carbons (Fsp3) is 0.625. The molecule has 0 aromatic heterocycles. The number of ether oxygens (including phenoxy) is 1. The molecular weight excluding hydrogens is 272 g/mol. The highest BCUT2D eigenvalue weighted by Gasteiger charge is 2.24. The summed E-state index contributed by atoms with van der Waals surface area (Å²) in [5.74, 6) is 0. The zero-order valence-electron chi connectivity index (χ0n) is 12.7. The van der Waals surface area contributed by atoms with Crippen LogP contribution in [0.3, 0.4) is 0 Å². The quantitative estimate of drug-likeness (QED) is 0.830. The molecule has 2 unspecified atom stereocenters. The van der Waals surface area contributed by atoms with E-state index in [1.807, 2.05) is 12.1 Å². The highest BCUT2D eigenvalue weighted by molar-refractivity contribution is 6.30. The van der Waals surface area contributed by atoms with E-state index in [4.69, 9.17) is 16.3 Å². The predicted molar refractivity (Wildman–Crippen MR) is 84.4 cm³/mol. The number of hydrogen-bond donors (Lipinski definition) is 0. The van der Waals surface area contributed by atoms with Crippen molar-refractivity contribution in [1.82, 2.24) is 9.80 Å². The minimum atomic E-state index is 0.425. The first-order valence-corrected chi connectivity index (χ1v) is 7.72. The van der Waals surface area contributed by atoms with E-state index >= 15 is 0 Å². The van der Waals surface area contributed by atoms with Gasteiger partial charge in [0.2, 0.25) is 0 Å². The lowest BCUT2D eigenvalue weighted by Gasteiger charge is -2.40. The monoisotopic (exact) mass is 296 g/mol. The Labute approximate surface area is 127 Å². The van der Waals surface area contributed by atoms with Crippen molar-refractivity contribution in [2.45, 2.75) is 25.9 Å². The Morgan fingerprint density at radius 3 is 2.40 bits per heavy atom. The summed E-state index contributed by atoms with van der Waals surface area (Å²) in [6, 6.07) is 9.13. The van der Waals surface area contributed by atoms with Gasteiger partial charge in [0.05, 0.1) is 6.61 Å². The molecule has 0 N–H and O–H groups in total. The molecule has 3 nitrogen and oxygen atoms in total. The number of nitrogens with zero attached hydrogens (tertiary/aromatic N) is 2. The van der Waals surface area contributed by atoms with Crippen molar-refractivity contribution < 1.29 is 4.74 Å². The SMILES string of the molecule is COCC(C)N1CCN(C(C)c2cccc(Cl)c2)CC1. The van der Waals surface area contributed by atoms with Gasteiger partial charge in [0.15, 0.2) is 0 Å². The lowest BCUT2D eigenvalue weighted by Crippen LogP contribution is -2.51. The maximum Gasteiger partial charge on any atom is 0.0615 e. The van der Waals surface area contributed by atoms with E-state index in [1.54, 1.807) is 7.11 Å². The average Bonchev–Trinajstić information content (AvgIpc) is 2.47. The minimum Gasteiger partial charge on any atom is -0.383 e. The van der Waals surface area contributed by atoms with Crippen LogP contribution in [0.2, 0.25) is 5.02 Å². The first-order chi connectivity index (χ1) is 9.61. The molecule has 0 aliphatic carbocycles. The van der Waals surface area contributed by atoms with Gasteiger partial charge in [-0.15, -0.1) is 0 Å². The third-order valence-electron chi connectivity index (χ3n) is 4.26. The van der Waals surface area contributed by atoms with E-state index in [0.717, 1.165) is 37.8 Å². The van der Waals surface area contributed by atoms with Crippen LogP contribution in [0, 0.1) is 0 Å². The first kappa shape index (κ1) is 15.8. The van der Waals surface area contributed by atoms with E-state index < -0.39 is 0 Å². The largest absolute Gasteiger partial charge is 0.383 e. The van der Waals surface area contributed by atoms with Crippen LogP contribution in [0.4, 0.5) is 0 Å². The number of piperazine rings is 1. The van der Waals surface area contributed by atoms with Crippen LogP contribution < -0.4 is 0 Å². The van der Waals surface area contributed by atoms with Gasteiger partial charge in [-0.1, -0.05) is 23.7 Å². The fourth-order valence-electron chi connectivity index (χ4n) is 2.89. The topological polar surface area (TPSA) is 15.7 Å². The summed E-state index contributed by atoms with van der Waals surface area (Å²) in [4.78, 5) is 5.03. The van der Waals surface area contributed by atoms with E-state index in [0.29, 0.717) is 12.1 Å². The molecule has 1 heterocycles. The molecule has 0 radical (unpaired) electrons. The van der Waals surface area contributed by atoms with Gasteiger partial charge >= 0.3 is 0 Å². The van der Waals surface area contributed by atoms with Crippen LogP contribution in [0.25, 0.3) is 0 Å². The molecule has 0 amide bonds. The Morgan fingerprint density at radius 1 is 1.15 bits per heavy atom. The molecule has 1 fully saturated rings. The Bertz CT molecular complexity index is 419. The van der Waals surface area contributed by atoms with Gasteiger partial charge in [0.25, 0.3) is 0 Å². The smallest absolute Gasteiger partial charge is 0.0615 e. The molecule has 0 saturated carbocycles. The lowest BCUT2D eigenvalue weighted by atomic mass is 10.1. The first-order valence-electron chi connectivity index (χ1n) is 7.34. The third kappa shape index (κ3) is 3.95. The molecule has 1 saturated heterocycles. The summed E-state index contributed by atoms with van der Waals surface area (Å²) < 4.78 is 5.24. The second kappa shape index (κ2) is 7.41. The highest BCUT2D eigenvalue weighted by atomic mass is 35.5. The minimum absolute atomic E-state index is 0.425. The Kier molecular flexibility index (Phi) is 5.85. The van der Waals surface area contributed by atoms with Gasteiger partial charge in [-0.3, -0.25) is 9.80 Å². The molecule has 1 aliphatic heterocycles. The highest BCUT2D eigenvalue weighted by Crippen LogP contribution is 2.24. The van der Waals surface area contributed by atoms with Gasteiger partial charge in [-0.25, -0.2) is 0 Å². The Morgan fingerprint density at radius 2 is 1.80 bits per heavy atom. The van der Waals surface area contributed by atoms with Crippen molar-refractivity contribution >= 4 is 11.6 Å². The van der Waals surface area contributed by atoms with Crippen molar-refractivity contribution in [1.29, 1.82) is 0 Å². The molecule has 2 atom stereocenters. The Hall–Kier alpha value is -0.610. The number of methoxy groups -OCH3 is 1. The second-order valence-electron chi connectivity index (χ2n) is 5.61. The molecule has 1 aliphatic rings. The number of hydrogen-bond acceptors (Lipinski definition) is 3. The van der Waals surface area contributed by atoms with E-state index in [1.165, 1.54) is 5.56 Å². The molecule has 1 aromatic rings. The summed E-state index contributed by atoms with van der Waals surface area (Å²) in [6.07, 6.45) is 0. The van der Waals surface area contributed by atoms with Crippen LogP contribution in [0.5, 0.6) is 0 Å². The maximum absolute atomic E-state index is 6.09. The second-order valence-corrected chi connectivity index (χ2v) is 6.04. The van der Waals surface area contributed by atoms with Gasteiger partial charge in [0, 0.05) is 50.4 Å². The zero-order valence-corrected chi connectivity index (χ0v) is 13.4. The van der Waals surface area contributed by atoms with Crippen molar-refractivity contribution in [3.8, 4) is 0 Å². The van der Waals surface area contributed by atoms with Crippen LogP contribution in [0.15, 0.2) is 24.3 Å². The molecule has 20 heavy (non-hydrogen) atoms. The van der Waals surface area contributed by atoms with Crippen LogP contribution in [-0.2, 0) is 4.74 Å². The van der Waals surface area contributed by atoms with Crippen molar-refractivity contribution in [3.05, 3.63) is 34.9 Å². The molecule has 4 heteroatoms. The van der Waals surface area contributed by atoms with Gasteiger partial charge in [-0.2, -0.15) is 0 Å². The average molecular weight is 297 g/mol. The number of benzene rings is 1. The van der Waals surface area contributed by atoms with Crippen molar-refractivity contribution in [2.24, 2.45) is 0 Å². The summed E-state index contributed by atoms with van der Waals surface area (Å²) in [5.41, 5.74) is 1.30. The molecule has 0 spiro atoms. The van der Waals surface area contributed by atoms with Crippen molar-refractivity contribution in [3.63, 3.8) is 0 Å². The summed E-state index contributed by atoms with van der Waals surface area (Å²) in [6.45, 7) is 9.72. The third-order valence-corrected chi connectivity index (χ3v) is 4.49. The predicted octanol–water partition coefficient (Wildman–Crippen LogP) is 3.05. The van der Waals surface area contributed by atoms with E-state index in [-0.39, 0.29) is 0 Å². The molecule has 2 rings (SSSR count). The standard InChI is InChI=1S/C16H25ClN2O/c1-13(12-20-3)18-7-9-19(10-8-18)14(2)15-5-4-6-16(17)11-15/h4-6,11,13-14H,7-10,12H2,1-3H3. The molecule has 0 bridgehead atoms. The normalized spacial score (nSPS) is 20.8. The van der Waals surface area contributed by atoms with Crippen LogP contribution >= 0.6 is 11.6 Å². The van der Waals surface area contributed by atoms with Crippen LogP contribution in [0.1, 0.15) is 25.5 Å². The van der Waals surface area contributed by atoms with E-state index in [9.17, 15) is 0 Å². The molecule has 112 valence electrons.